The van der Waals surface area contributed by atoms with Crippen molar-refractivity contribution in [3.05, 3.63) is 30.0 Å². The average Bonchev–Trinajstić information content (AvgIpc) is 2.85. The van der Waals surface area contributed by atoms with Gasteiger partial charge in [0.1, 0.15) is 0 Å². The second-order valence-corrected chi connectivity index (χ2v) is 6.79. The van der Waals surface area contributed by atoms with Gasteiger partial charge in [0.05, 0.1) is 18.2 Å². The summed E-state index contributed by atoms with van der Waals surface area (Å²) < 4.78 is 31.8. The van der Waals surface area contributed by atoms with E-state index in [-0.39, 0.29) is 30.8 Å². The fraction of sp³-hybridized carbons (Fsp3) is 0.429. The van der Waals surface area contributed by atoms with Gasteiger partial charge >= 0.3 is 0 Å². The van der Waals surface area contributed by atoms with Crippen LogP contribution >= 0.6 is 0 Å². The van der Waals surface area contributed by atoms with Gasteiger partial charge in [-0.2, -0.15) is 8.42 Å². The predicted octanol–water partition coefficient (Wildman–Crippen LogP) is 1.65. The van der Waals surface area contributed by atoms with Crippen molar-refractivity contribution in [2.75, 3.05) is 19.4 Å². The highest BCUT2D eigenvalue weighted by Gasteiger charge is 2.24. The summed E-state index contributed by atoms with van der Waals surface area (Å²) >= 11 is 0. The van der Waals surface area contributed by atoms with Crippen molar-refractivity contribution >= 4 is 27.0 Å². The summed E-state index contributed by atoms with van der Waals surface area (Å²) in [6.45, 7) is 3.71. The van der Waals surface area contributed by atoms with Crippen molar-refractivity contribution in [1.29, 1.82) is 0 Å². The van der Waals surface area contributed by atoms with Crippen LogP contribution in [0.1, 0.15) is 24.3 Å². The molecule has 22 heavy (non-hydrogen) atoms. The molecule has 120 valence electrons. The van der Waals surface area contributed by atoms with Gasteiger partial charge < -0.3 is 9.42 Å². The van der Waals surface area contributed by atoms with E-state index in [1.54, 1.807) is 24.3 Å². The molecule has 0 unspecified atom stereocenters. The molecule has 0 N–H and O–H groups in total. The highest BCUT2D eigenvalue weighted by molar-refractivity contribution is 7.85. The standard InChI is InChI=1S/C14H18N2O5S/c1-10(2)16(8-9-20-22(3,18)19)14(17)13-11-6-4-5-7-12(11)21-15-13/h4-7,10H,8-9H2,1-3H3. The number of nitrogens with zero attached hydrogens (tertiary/aromatic N) is 2. The van der Waals surface area contributed by atoms with E-state index in [2.05, 4.69) is 5.16 Å². The van der Waals surface area contributed by atoms with E-state index in [1.165, 1.54) is 4.90 Å². The molecule has 0 fully saturated rings. The molecule has 0 aliphatic carbocycles. The van der Waals surface area contributed by atoms with Crippen LogP contribution in [0.3, 0.4) is 0 Å². The minimum Gasteiger partial charge on any atom is -0.355 e. The van der Waals surface area contributed by atoms with Gasteiger partial charge in [-0.25, -0.2) is 0 Å². The number of fused-ring (bicyclic) bond motifs is 1. The second kappa shape index (κ2) is 6.45. The first-order valence-electron chi connectivity index (χ1n) is 6.79. The smallest absolute Gasteiger partial charge is 0.277 e. The molecule has 8 heteroatoms. The Morgan fingerprint density at radius 2 is 2.05 bits per heavy atom. The Morgan fingerprint density at radius 3 is 2.68 bits per heavy atom. The zero-order valence-electron chi connectivity index (χ0n) is 12.6. The molecule has 1 heterocycles. The topological polar surface area (TPSA) is 89.7 Å². The Balaban J connectivity index is 2.19. The molecule has 0 atom stereocenters. The van der Waals surface area contributed by atoms with Crippen molar-refractivity contribution in [3.8, 4) is 0 Å². The maximum Gasteiger partial charge on any atom is 0.277 e. The molecule has 1 amide bonds. The van der Waals surface area contributed by atoms with Gasteiger partial charge in [-0.15, -0.1) is 0 Å². The quantitative estimate of drug-likeness (QED) is 0.750. The Kier molecular flexibility index (Phi) is 4.82. The van der Waals surface area contributed by atoms with Gasteiger partial charge in [-0.3, -0.25) is 8.98 Å². The highest BCUT2D eigenvalue weighted by Crippen LogP contribution is 2.20. The van der Waals surface area contributed by atoms with Crippen LogP contribution < -0.4 is 0 Å². The molecule has 1 aromatic carbocycles. The average molecular weight is 326 g/mol. The van der Waals surface area contributed by atoms with Gasteiger partial charge in [0.15, 0.2) is 11.3 Å². The summed E-state index contributed by atoms with van der Waals surface area (Å²) in [6, 6.07) is 6.94. The number of para-hydroxylation sites is 1. The number of amides is 1. The van der Waals surface area contributed by atoms with Crippen LogP contribution in [-0.2, 0) is 14.3 Å². The summed E-state index contributed by atoms with van der Waals surface area (Å²) in [5, 5.41) is 4.46. The minimum absolute atomic E-state index is 0.0987. The second-order valence-electron chi connectivity index (χ2n) is 5.15. The molecule has 0 saturated carbocycles. The number of rotatable bonds is 6. The largest absolute Gasteiger partial charge is 0.355 e. The number of hydrogen-bond donors (Lipinski definition) is 0. The minimum atomic E-state index is -3.53. The molecule has 2 rings (SSSR count). The number of hydrogen-bond acceptors (Lipinski definition) is 6. The Labute approximate surface area is 129 Å². The van der Waals surface area contributed by atoms with Crippen LogP contribution in [0, 0.1) is 0 Å². The summed E-state index contributed by atoms with van der Waals surface area (Å²) in [5.74, 6) is -0.322. The van der Waals surface area contributed by atoms with Crippen LogP contribution in [0.4, 0.5) is 0 Å². The monoisotopic (exact) mass is 326 g/mol. The van der Waals surface area contributed by atoms with Gasteiger partial charge in [0.25, 0.3) is 16.0 Å². The van der Waals surface area contributed by atoms with Crippen molar-refractivity contribution < 1.29 is 21.9 Å². The maximum atomic E-state index is 12.6. The molecule has 0 aliphatic rings. The van der Waals surface area contributed by atoms with Gasteiger partial charge in [0.2, 0.25) is 0 Å². The van der Waals surface area contributed by atoms with E-state index in [0.29, 0.717) is 11.0 Å². The van der Waals surface area contributed by atoms with Gasteiger partial charge in [-0.1, -0.05) is 17.3 Å². The van der Waals surface area contributed by atoms with Crippen LogP contribution in [0.25, 0.3) is 11.0 Å². The van der Waals surface area contributed by atoms with E-state index >= 15 is 0 Å². The fourth-order valence-electron chi connectivity index (χ4n) is 2.06. The van der Waals surface area contributed by atoms with Crippen LogP contribution in [0.15, 0.2) is 28.8 Å². The fourth-order valence-corrected chi connectivity index (χ4v) is 2.43. The van der Waals surface area contributed by atoms with Crippen LogP contribution in [0.2, 0.25) is 0 Å². The lowest BCUT2D eigenvalue weighted by Crippen LogP contribution is -2.39. The summed E-state index contributed by atoms with van der Waals surface area (Å²) in [7, 11) is -3.53. The van der Waals surface area contributed by atoms with E-state index in [1.807, 2.05) is 13.8 Å². The highest BCUT2D eigenvalue weighted by atomic mass is 32.2. The molecule has 1 aromatic heterocycles. The SMILES string of the molecule is CC(C)N(CCOS(C)(=O)=O)C(=O)c1noc2ccccc12. The van der Waals surface area contributed by atoms with Crippen LogP contribution in [-0.4, -0.2) is 49.8 Å². The maximum absolute atomic E-state index is 12.6. The lowest BCUT2D eigenvalue weighted by Gasteiger charge is -2.25. The molecule has 0 radical (unpaired) electrons. The van der Waals surface area contributed by atoms with Crippen molar-refractivity contribution in [1.82, 2.24) is 10.1 Å². The molecular formula is C14H18N2O5S. The number of aromatic nitrogens is 1. The van der Waals surface area contributed by atoms with Gasteiger partial charge in [0, 0.05) is 12.6 Å². The number of carbonyl (C=O) groups is 1. The number of benzene rings is 1. The summed E-state index contributed by atoms with van der Waals surface area (Å²) in [5.41, 5.74) is 0.741. The van der Waals surface area contributed by atoms with E-state index < -0.39 is 10.1 Å². The lowest BCUT2D eigenvalue weighted by molar-refractivity contribution is 0.0668. The molecule has 0 spiro atoms. The molecule has 7 nitrogen and oxygen atoms in total. The predicted molar refractivity (Wildman–Crippen MR) is 81.0 cm³/mol. The summed E-state index contributed by atoms with van der Waals surface area (Å²) in [4.78, 5) is 14.1. The molecule has 0 bridgehead atoms. The van der Waals surface area contributed by atoms with Crippen molar-refractivity contribution in [3.63, 3.8) is 0 Å². The first kappa shape index (κ1) is 16.4. The third-order valence-corrected chi connectivity index (χ3v) is 3.69. The van der Waals surface area contributed by atoms with Gasteiger partial charge in [-0.05, 0) is 26.0 Å². The third kappa shape index (κ3) is 3.83. The lowest BCUT2D eigenvalue weighted by atomic mass is 10.2. The van der Waals surface area contributed by atoms with Crippen molar-refractivity contribution in [2.24, 2.45) is 0 Å². The summed E-state index contributed by atoms with van der Waals surface area (Å²) in [6.07, 6.45) is 0.972. The van der Waals surface area contributed by atoms with E-state index in [4.69, 9.17) is 8.71 Å². The molecule has 0 saturated heterocycles. The zero-order valence-corrected chi connectivity index (χ0v) is 13.5. The van der Waals surface area contributed by atoms with Crippen molar-refractivity contribution in [2.45, 2.75) is 19.9 Å². The van der Waals surface area contributed by atoms with E-state index in [9.17, 15) is 13.2 Å². The first-order valence-corrected chi connectivity index (χ1v) is 8.61. The Bertz CT molecular complexity index is 766. The molecule has 2 aromatic rings. The first-order chi connectivity index (χ1) is 10.3. The van der Waals surface area contributed by atoms with E-state index in [0.717, 1.165) is 6.26 Å². The number of carbonyl (C=O) groups excluding carboxylic acids is 1. The zero-order chi connectivity index (χ0) is 16.3. The Morgan fingerprint density at radius 1 is 1.36 bits per heavy atom. The Hall–Kier alpha value is -1.93. The molecular weight excluding hydrogens is 308 g/mol. The molecule has 0 aliphatic heterocycles. The normalized spacial score (nSPS) is 12.0. The van der Waals surface area contributed by atoms with Crippen LogP contribution in [0.5, 0.6) is 0 Å². The third-order valence-electron chi connectivity index (χ3n) is 3.09.